The second-order valence-corrected chi connectivity index (χ2v) is 5.95. The van der Waals surface area contributed by atoms with Crippen molar-refractivity contribution in [2.24, 2.45) is 0 Å². The summed E-state index contributed by atoms with van der Waals surface area (Å²) >= 11 is 0. The summed E-state index contributed by atoms with van der Waals surface area (Å²) < 4.78 is 1.88. The third-order valence-corrected chi connectivity index (χ3v) is 3.97. The molecule has 0 bridgehead atoms. The molecule has 0 atom stereocenters. The molecule has 0 amide bonds. The molecule has 0 fully saturated rings. The fourth-order valence-corrected chi connectivity index (χ4v) is 2.53. The zero-order chi connectivity index (χ0) is 16.8. The van der Waals surface area contributed by atoms with Crippen LogP contribution in [0.3, 0.4) is 0 Å². The molecular weight excluding hydrogens is 298 g/mol. The van der Waals surface area contributed by atoms with Crippen molar-refractivity contribution >= 4 is 5.69 Å². The van der Waals surface area contributed by atoms with Gasteiger partial charge in [-0.05, 0) is 19.2 Å². The van der Waals surface area contributed by atoms with E-state index in [1.165, 1.54) is 5.69 Å². The van der Waals surface area contributed by atoms with Crippen LogP contribution in [0.2, 0.25) is 0 Å². The summed E-state index contributed by atoms with van der Waals surface area (Å²) in [5, 5.41) is 4.56. The van der Waals surface area contributed by atoms with E-state index in [4.69, 9.17) is 0 Å². The molecule has 1 heterocycles. The minimum absolute atomic E-state index is 0.725. The second kappa shape index (κ2) is 7.75. The third-order valence-electron chi connectivity index (χ3n) is 3.97. The molecule has 0 aliphatic rings. The van der Waals surface area contributed by atoms with Crippen LogP contribution in [0.4, 0.5) is 5.69 Å². The number of anilines is 1. The lowest BCUT2D eigenvalue weighted by Crippen LogP contribution is -2.32. The highest BCUT2D eigenvalue weighted by atomic mass is 15.4. The molecule has 1 aromatic heterocycles. The van der Waals surface area contributed by atoms with Crippen molar-refractivity contribution in [1.82, 2.24) is 19.7 Å². The summed E-state index contributed by atoms with van der Waals surface area (Å²) in [4.78, 5) is 8.89. The predicted octanol–water partition coefficient (Wildman–Crippen LogP) is 2.97. The van der Waals surface area contributed by atoms with Gasteiger partial charge in [0.05, 0.1) is 6.67 Å². The van der Waals surface area contributed by atoms with E-state index in [0.717, 1.165) is 31.1 Å². The molecule has 0 radical (unpaired) electrons. The van der Waals surface area contributed by atoms with Crippen molar-refractivity contribution in [1.29, 1.82) is 0 Å². The lowest BCUT2D eigenvalue weighted by Gasteiger charge is -2.23. The number of hydrogen-bond donors (Lipinski definition) is 0. The molecule has 24 heavy (non-hydrogen) atoms. The Morgan fingerprint density at radius 1 is 0.875 bits per heavy atom. The normalized spacial score (nSPS) is 11.0. The van der Waals surface area contributed by atoms with Crippen molar-refractivity contribution in [3.63, 3.8) is 0 Å². The Morgan fingerprint density at radius 3 is 2.25 bits per heavy atom. The van der Waals surface area contributed by atoms with E-state index in [9.17, 15) is 0 Å². The maximum absolute atomic E-state index is 4.56. The number of benzene rings is 2. The Morgan fingerprint density at radius 2 is 1.54 bits per heavy atom. The zero-order valence-electron chi connectivity index (χ0n) is 14.2. The lowest BCUT2D eigenvalue weighted by atomic mass is 10.2. The first-order valence-corrected chi connectivity index (χ1v) is 8.12. The molecule has 0 aliphatic heterocycles. The Bertz CT molecular complexity index is 739. The van der Waals surface area contributed by atoms with Crippen molar-refractivity contribution in [2.75, 3.05) is 32.1 Å². The Labute approximate surface area is 143 Å². The quantitative estimate of drug-likeness (QED) is 0.670. The third kappa shape index (κ3) is 4.20. The van der Waals surface area contributed by atoms with Gasteiger partial charge in [-0.15, -0.1) is 5.10 Å². The Hall–Kier alpha value is -2.66. The summed E-state index contributed by atoms with van der Waals surface area (Å²) in [5.41, 5.74) is 2.28. The molecule has 3 rings (SSSR count). The molecule has 0 spiro atoms. The lowest BCUT2D eigenvalue weighted by molar-refractivity contribution is 0.260. The average Bonchev–Trinajstić information content (AvgIpc) is 3.09. The first kappa shape index (κ1) is 16.2. The highest BCUT2D eigenvalue weighted by Gasteiger charge is 2.07. The standard InChI is InChI=1S/C19H23N5/c1-22(13-14-23(2)18-11-7-4-8-12-18)16-24-15-20-19(21-24)17-9-5-3-6-10-17/h3-12,15H,13-14,16H2,1-2H3. The first-order valence-electron chi connectivity index (χ1n) is 8.12. The van der Waals surface area contributed by atoms with E-state index in [1.807, 2.05) is 41.1 Å². The summed E-state index contributed by atoms with van der Waals surface area (Å²) in [6, 6.07) is 20.5. The van der Waals surface area contributed by atoms with Crippen LogP contribution >= 0.6 is 0 Å². The highest BCUT2D eigenvalue weighted by Crippen LogP contribution is 2.13. The molecule has 5 nitrogen and oxygen atoms in total. The molecule has 124 valence electrons. The van der Waals surface area contributed by atoms with Crippen molar-refractivity contribution < 1.29 is 0 Å². The minimum atomic E-state index is 0.725. The van der Waals surface area contributed by atoms with Crippen LogP contribution in [0.15, 0.2) is 67.0 Å². The van der Waals surface area contributed by atoms with Gasteiger partial charge in [0.15, 0.2) is 5.82 Å². The van der Waals surface area contributed by atoms with Gasteiger partial charge in [0, 0.05) is 31.4 Å². The molecule has 0 aliphatic carbocycles. The van der Waals surface area contributed by atoms with Gasteiger partial charge in [0.2, 0.25) is 0 Å². The van der Waals surface area contributed by atoms with Crippen LogP contribution in [0.5, 0.6) is 0 Å². The molecule has 0 N–H and O–H groups in total. The zero-order valence-corrected chi connectivity index (χ0v) is 14.2. The predicted molar refractivity (Wildman–Crippen MR) is 97.8 cm³/mol. The number of rotatable bonds is 7. The number of para-hydroxylation sites is 1. The molecule has 3 aromatic rings. The van der Waals surface area contributed by atoms with Crippen molar-refractivity contribution in [3.05, 3.63) is 67.0 Å². The van der Waals surface area contributed by atoms with E-state index in [2.05, 4.69) is 58.2 Å². The maximum Gasteiger partial charge on any atom is 0.181 e. The van der Waals surface area contributed by atoms with Gasteiger partial charge < -0.3 is 4.90 Å². The number of hydrogen-bond acceptors (Lipinski definition) is 4. The topological polar surface area (TPSA) is 37.2 Å². The average molecular weight is 321 g/mol. The van der Waals surface area contributed by atoms with Gasteiger partial charge in [-0.25, -0.2) is 9.67 Å². The molecule has 0 unspecified atom stereocenters. The number of nitrogens with zero attached hydrogens (tertiary/aromatic N) is 5. The van der Waals surface area contributed by atoms with Gasteiger partial charge in [-0.1, -0.05) is 48.5 Å². The van der Waals surface area contributed by atoms with Crippen LogP contribution in [0.1, 0.15) is 0 Å². The monoisotopic (exact) mass is 321 g/mol. The summed E-state index contributed by atoms with van der Waals surface area (Å²) in [7, 11) is 4.22. The minimum Gasteiger partial charge on any atom is -0.373 e. The van der Waals surface area contributed by atoms with E-state index >= 15 is 0 Å². The summed E-state index contributed by atoms with van der Waals surface area (Å²) in [5.74, 6) is 0.769. The van der Waals surface area contributed by atoms with Crippen LogP contribution in [-0.4, -0.2) is 46.8 Å². The van der Waals surface area contributed by atoms with Crippen molar-refractivity contribution in [2.45, 2.75) is 6.67 Å². The molecule has 5 heteroatoms. The molecule has 0 saturated heterocycles. The van der Waals surface area contributed by atoms with E-state index in [-0.39, 0.29) is 0 Å². The Kier molecular flexibility index (Phi) is 5.23. The Balaban J connectivity index is 1.52. The number of likely N-dealkylation sites (N-methyl/N-ethyl adjacent to an activating group) is 2. The molecular formula is C19H23N5. The van der Waals surface area contributed by atoms with Crippen LogP contribution in [0.25, 0.3) is 11.4 Å². The summed E-state index contributed by atoms with van der Waals surface area (Å²) in [6.07, 6.45) is 1.79. The van der Waals surface area contributed by atoms with Crippen molar-refractivity contribution in [3.8, 4) is 11.4 Å². The second-order valence-electron chi connectivity index (χ2n) is 5.95. The largest absolute Gasteiger partial charge is 0.373 e. The van der Waals surface area contributed by atoms with Gasteiger partial charge >= 0.3 is 0 Å². The van der Waals surface area contributed by atoms with E-state index < -0.39 is 0 Å². The van der Waals surface area contributed by atoms with E-state index in [1.54, 1.807) is 6.33 Å². The van der Waals surface area contributed by atoms with Crippen LogP contribution in [0, 0.1) is 0 Å². The maximum atomic E-state index is 4.56. The first-order chi connectivity index (χ1) is 11.7. The highest BCUT2D eigenvalue weighted by molar-refractivity contribution is 5.53. The van der Waals surface area contributed by atoms with Gasteiger partial charge in [0.25, 0.3) is 0 Å². The van der Waals surface area contributed by atoms with Gasteiger partial charge in [0.1, 0.15) is 6.33 Å². The number of aromatic nitrogens is 3. The summed E-state index contributed by atoms with van der Waals surface area (Å²) in [6.45, 7) is 2.63. The van der Waals surface area contributed by atoms with E-state index in [0.29, 0.717) is 0 Å². The fraction of sp³-hybridized carbons (Fsp3) is 0.263. The fourth-order valence-electron chi connectivity index (χ4n) is 2.53. The van der Waals surface area contributed by atoms with Gasteiger partial charge in [-0.3, -0.25) is 4.90 Å². The van der Waals surface area contributed by atoms with Gasteiger partial charge in [-0.2, -0.15) is 0 Å². The van der Waals surface area contributed by atoms with Crippen LogP contribution < -0.4 is 4.90 Å². The smallest absolute Gasteiger partial charge is 0.181 e. The SMILES string of the molecule is CN(CCN(C)c1ccccc1)Cn1cnc(-c2ccccc2)n1. The van der Waals surface area contributed by atoms with Crippen LogP contribution in [-0.2, 0) is 6.67 Å². The molecule has 2 aromatic carbocycles. The molecule has 0 saturated carbocycles.